The van der Waals surface area contributed by atoms with Gasteiger partial charge in [-0.05, 0) is 29.9 Å². The molecule has 1 atom stereocenters. The molecule has 0 radical (unpaired) electrons. The van der Waals surface area contributed by atoms with E-state index in [1.807, 2.05) is 35.7 Å². The maximum atomic E-state index is 13.3. The molecular weight excluding hydrogens is 430 g/mol. The lowest BCUT2D eigenvalue weighted by Gasteiger charge is -2.28. The van der Waals surface area contributed by atoms with E-state index in [9.17, 15) is 19.2 Å². The molecular formula is C22H23N5O4S. The highest BCUT2D eigenvalue weighted by Gasteiger charge is 2.37. The minimum atomic E-state index is -0.748. The molecule has 0 saturated carbocycles. The van der Waals surface area contributed by atoms with E-state index >= 15 is 0 Å². The van der Waals surface area contributed by atoms with Crippen molar-refractivity contribution in [3.63, 3.8) is 0 Å². The SMILES string of the molecule is CN(C(=O)[C@H]1CCCN1C(=O)c1cccs1)c1c(N)n(Cc2ccccc2)c(=O)[nH]c1=O. The van der Waals surface area contributed by atoms with E-state index in [0.717, 1.165) is 10.5 Å². The molecule has 1 aliphatic heterocycles. The number of nitrogens with two attached hydrogens (primary N) is 1. The number of H-pyrrole nitrogens is 1. The second-order valence-corrected chi connectivity index (χ2v) is 8.54. The molecule has 166 valence electrons. The number of rotatable bonds is 5. The number of likely N-dealkylation sites (tertiary alicyclic amines) is 1. The number of nitrogens with one attached hydrogen (secondary N) is 1. The van der Waals surface area contributed by atoms with E-state index in [4.69, 9.17) is 5.73 Å². The minimum Gasteiger partial charge on any atom is -0.383 e. The predicted octanol–water partition coefficient (Wildman–Crippen LogP) is 1.50. The predicted molar refractivity (Wildman–Crippen MR) is 123 cm³/mol. The smallest absolute Gasteiger partial charge is 0.330 e. The quantitative estimate of drug-likeness (QED) is 0.606. The molecule has 1 saturated heterocycles. The zero-order chi connectivity index (χ0) is 22.8. The van der Waals surface area contributed by atoms with E-state index in [2.05, 4.69) is 4.98 Å². The fraction of sp³-hybridized carbons (Fsp3) is 0.273. The molecule has 0 spiro atoms. The fourth-order valence-electron chi connectivity index (χ4n) is 3.97. The number of hydrogen-bond acceptors (Lipinski definition) is 6. The van der Waals surface area contributed by atoms with Gasteiger partial charge < -0.3 is 15.5 Å². The third-order valence-corrected chi connectivity index (χ3v) is 6.45. The molecule has 4 rings (SSSR count). The van der Waals surface area contributed by atoms with E-state index in [-0.39, 0.29) is 24.0 Å². The Morgan fingerprint density at radius 1 is 1.19 bits per heavy atom. The van der Waals surface area contributed by atoms with Crippen LogP contribution >= 0.6 is 11.3 Å². The van der Waals surface area contributed by atoms with Crippen LogP contribution in [0.15, 0.2) is 57.4 Å². The molecule has 1 aromatic carbocycles. The van der Waals surface area contributed by atoms with Gasteiger partial charge in [0.15, 0.2) is 5.69 Å². The molecule has 1 aliphatic rings. The van der Waals surface area contributed by atoms with Crippen LogP contribution in [-0.4, -0.2) is 45.9 Å². The normalized spacial score (nSPS) is 15.7. The van der Waals surface area contributed by atoms with Gasteiger partial charge in [-0.2, -0.15) is 0 Å². The molecule has 2 amide bonds. The van der Waals surface area contributed by atoms with Crippen LogP contribution in [-0.2, 0) is 11.3 Å². The highest BCUT2D eigenvalue weighted by atomic mass is 32.1. The number of anilines is 2. The Morgan fingerprint density at radius 2 is 1.94 bits per heavy atom. The van der Waals surface area contributed by atoms with Crippen LogP contribution < -0.4 is 21.9 Å². The third-order valence-electron chi connectivity index (χ3n) is 5.59. The van der Waals surface area contributed by atoms with Crippen molar-refractivity contribution in [1.29, 1.82) is 0 Å². The average molecular weight is 454 g/mol. The lowest BCUT2D eigenvalue weighted by molar-refractivity contribution is -0.122. The van der Waals surface area contributed by atoms with Crippen molar-refractivity contribution in [3.8, 4) is 0 Å². The first-order chi connectivity index (χ1) is 15.4. The first-order valence-corrected chi connectivity index (χ1v) is 11.0. The summed E-state index contributed by atoms with van der Waals surface area (Å²) in [5.41, 5.74) is 5.51. The zero-order valence-corrected chi connectivity index (χ0v) is 18.3. The molecule has 32 heavy (non-hydrogen) atoms. The van der Waals surface area contributed by atoms with Gasteiger partial charge in [0.2, 0.25) is 5.91 Å². The molecule has 1 fully saturated rings. The van der Waals surface area contributed by atoms with Crippen LogP contribution in [0.5, 0.6) is 0 Å². The number of benzene rings is 1. The second kappa shape index (κ2) is 8.83. The lowest BCUT2D eigenvalue weighted by atomic mass is 10.1. The van der Waals surface area contributed by atoms with Crippen molar-refractivity contribution >= 4 is 34.7 Å². The van der Waals surface area contributed by atoms with Gasteiger partial charge in [-0.25, -0.2) is 4.79 Å². The largest absolute Gasteiger partial charge is 0.383 e. The second-order valence-electron chi connectivity index (χ2n) is 7.60. The molecule has 3 aromatic rings. The number of nitrogens with zero attached hydrogens (tertiary/aromatic N) is 3. The number of nitrogen functional groups attached to an aromatic ring is 1. The Labute approximate surface area is 187 Å². The maximum Gasteiger partial charge on any atom is 0.330 e. The van der Waals surface area contributed by atoms with Crippen molar-refractivity contribution < 1.29 is 9.59 Å². The molecule has 3 N–H and O–H groups in total. The van der Waals surface area contributed by atoms with Gasteiger partial charge in [-0.1, -0.05) is 36.4 Å². The summed E-state index contributed by atoms with van der Waals surface area (Å²) in [6.07, 6.45) is 1.17. The molecule has 9 nitrogen and oxygen atoms in total. The van der Waals surface area contributed by atoms with Crippen LogP contribution in [0.2, 0.25) is 0 Å². The van der Waals surface area contributed by atoms with E-state index in [1.165, 1.54) is 27.9 Å². The summed E-state index contributed by atoms with van der Waals surface area (Å²) in [7, 11) is 1.44. The van der Waals surface area contributed by atoms with Gasteiger partial charge in [0.25, 0.3) is 11.5 Å². The van der Waals surface area contributed by atoms with Crippen LogP contribution in [0.4, 0.5) is 11.5 Å². The number of likely N-dealkylation sites (N-methyl/N-ethyl adjacent to an activating group) is 1. The van der Waals surface area contributed by atoms with E-state index < -0.39 is 23.2 Å². The number of carbonyl (C=O) groups excluding carboxylic acids is 2. The average Bonchev–Trinajstić information content (AvgIpc) is 3.48. The monoisotopic (exact) mass is 453 g/mol. The van der Waals surface area contributed by atoms with Crippen molar-refractivity contribution in [2.45, 2.75) is 25.4 Å². The summed E-state index contributed by atoms with van der Waals surface area (Å²) in [6, 6.07) is 12.0. The molecule has 10 heteroatoms. The topological polar surface area (TPSA) is 121 Å². The number of hydrogen-bond donors (Lipinski definition) is 2. The number of amides is 2. The molecule has 0 unspecified atom stereocenters. The standard InChI is InChI=1S/C22H23N5O4S/c1-25(20(29)15-9-5-11-26(15)21(30)16-10-6-12-32-16)17-18(23)27(22(31)24-19(17)28)13-14-7-3-2-4-8-14/h2-4,6-8,10,12,15H,5,9,11,13,23H2,1H3,(H,24,28,31)/t15-/m1/s1. The summed E-state index contributed by atoms with van der Waals surface area (Å²) in [6.45, 7) is 0.601. The summed E-state index contributed by atoms with van der Waals surface area (Å²) < 4.78 is 1.22. The molecule has 0 bridgehead atoms. The van der Waals surface area contributed by atoms with Gasteiger partial charge in [0.1, 0.15) is 11.9 Å². The van der Waals surface area contributed by atoms with Crippen LogP contribution in [0.3, 0.4) is 0 Å². The highest BCUT2D eigenvalue weighted by Crippen LogP contribution is 2.26. The lowest BCUT2D eigenvalue weighted by Crippen LogP contribution is -2.48. The fourth-order valence-corrected chi connectivity index (χ4v) is 4.65. The van der Waals surface area contributed by atoms with Crippen LogP contribution in [0.1, 0.15) is 28.1 Å². The van der Waals surface area contributed by atoms with Crippen molar-refractivity contribution in [1.82, 2.24) is 14.5 Å². The maximum absolute atomic E-state index is 13.3. The van der Waals surface area contributed by atoms with Gasteiger partial charge >= 0.3 is 5.69 Å². The van der Waals surface area contributed by atoms with E-state index in [0.29, 0.717) is 24.3 Å². The Morgan fingerprint density at radius 3 is 2.62 bits per heavy atom. The first kappa shape index (κ1) is 21.6. The van der Waals surface area contributed by atoms with Gasteiger partial charge in [-0.15, -0.1) is 11.3 Å². The van der Waals surface area contributed by atoms with Gasteiger partial charge in [0, 0.05) is 13.6 Å². The molecule has 3 heterocycles. The first-order valence-electron chi connectivity index (χ1n) is 10.2. The summed E-state index contributed by atoms with van der Waals surface area (Å²) in [4.78, 5) is 56.7. The summed E-state index contributed by atoms with van der Waals surface area (Å²) in [5.74, 6) is -0.734. The zero-order valence-electron chi connectivity index (χ0n) is 17.5. The van der Waals surface area contributed by atoms with E-state index in [1.54, 1.807) is 12.1 Å². The van der Waals surface area contributed by atoms with Gasteiger partial charge in [-0.3, -0.25) is 23.9 Å². The Kier molecular flexibility index (Phi) is 5.95. The summed E-state index contributed by atoms with van der Waals surface area (Å²) >= 11 is 1.32. The number of thiophene rings is 1. The minimum absolute atomic E-state index is 0.104. The van der Waals surface area contributed by atoms with Crippen molar-refractivity contribution in [2.75, 3.05) is 24.2 Å². The van der Waals surface area contributed by atoms with Crippen molar-refractivity contribution in [3.05, 3.63) is 79.1 Å². The Balaban J connectivity index is 1.65. The number of aromatic amines is 1. The van der Waals surface area contributed by atoms with Crippen LogP contribution in [0.25, 0.3) is 0 Å². The highest BCUT2D eigenvalue weighted by molar-refractivity contribution is 7.12. The Bertz CT molecular complexity index is 1250. The molecule has 0 aliphatic carbocycles. The van der Waals surface area contributed by atoms with Gasteiger partial charge in [0.05, 0.1) is 11.4 Å². The Hall–Kier alpha value is -3.66. The third kappa shape index (κ3) is 3.96. The molecule has 2 aromatic heterocycles. The summed E-state index contributed by atoms with van der Waals surface area (Å²) in [5, 5.41) is 1.81. The number of aromatic nitrogens is 2. The van der Waals surface area contributed by atoms with Crippen LogP contribution in [0, 0.1) is 0 Å². The van der Waals surface area contributed by atoms with Crippen molar-refractivity contribution in [2.24, 2.45) is 0 Å². The number of carbonyl (C=O) groups is 2.